The van der Waals surface area contributed by atoms with Crippen LogP contribution in [-0.2, 0) is 0 Å². The van der Waals surface area contributed by atoms with Crippen LogP contribution in [0.2, 0.25) is 5.02 Å². The van der Waals surface area contributed by atoms with Gasteiger partial charge >= 0.3 is 0 Å². The Hall–Kier alpha value is -0.660. The summed E-state index contributed by atoms with van der Waals surface area (Å²) in [6.07, 6.45) is 2.17. The maximum absolute atomic E-state index is 6.27. The first kappa shape index (κ1) is 11.4. The molecule has 0 N–H and O–H groups in total. The summed E-state index contributed by atoms with van der Waals surface area (Å²) >= 11 is 12.4. The van der Waals surface area contributed by atoms with Crippen LogP contribution in [-0.4, -0.2) is 5.38 Å². The number of hydrogen-bond acceptors (Lipinski definition) is 1. The molecule has 3 atom stereocenters. The zero-order valence-corrected chi connectivity index (χ0v) is 11.1. The molecule has 0 bridgehead atoms. The van der Waals surface area contributed by atoms with Gasteiger partial charge in [-0.05, 0) is 30.9 Å². The van der Waals surface area contributed by atoms with Crippen molar-refractivity contribution in [2.24, 2.45) is 5.92 Å². The summed E-state index contributed by atoms with van der Waals surface area (Å²) in [5.74, 6) is 1.93. The van der Waals surface area contributed by atoms with E-state index in [0.29, 0.717) is 16.9 Å². The Morgan fingerprint density at radius 2 is 2.12 bits per heavy atom. The monoisotopic (exact) mass is 268 g/mol. The predicted octanol–water partition coefficient (Wildman–Crippen LogP) is 5.21. The molecule has 2 aromatic rings. The second kappa shape index (κ2) is 4.22. The van der Waals surface area contributed by atoms with Gasteiger partial charge < -0.3 is 4.42 Å². The first-order valence-electron chi connectivity index (χ1n) is 5.99. The first-order valence-corrected chi connectivity index (χ1v) is 6.80. The van der Waals surface area contributed by atoms with Crippen LogP contribution in [0.1, 0.15) is 31.4 Å². The van der Waals surface area contributed by atoms with Crippen LogP contribution in [0.25, 0.3) is 11.0 Å². The third kappa shape index (κ3) is 1.86. The van der Waals surface area contributed by atoms with Crippen molar-refractivity contribution in [2.75, 3.05) is 0 Å². The molecule has 3 unspecified atom stereocenters. The van der Waals surface area contributed by atoms with Gasteiger partial charge in [-0.15, -0.1) is 11.6 Å². The van der Waals surface area contributed by atoms with E-state index in [1.165, 1.54) is 0 Å². The zero-order valence-electron chi connectivity index (χ0n) is 9.62. The highest BCUT2D eigenvalue weighted by Gasteiger charge is 2.34. The van der Waals surface area contributed by atoms with E-state index >= 15 is 0 Å². The van der Waals surface area contributed by atoms with E-state index in [0.717, 1.165) is 29.6 Å². The molecule has 1 aromatic carbocycles. The number of furan rings is 1. The summed E-state index contributed by atoms with van der Waals surface area (Å²) in [6, 6.07) is 7.95. The quantitative estimate of drug-likeness (QED) is 0.648. The molecular formula is C14H14Cl2O. The topological polar surface area (TPSA) is 13.1 Å². The largest absolute Gasteiger partial charge is 0.459 e. The molecule has 1 aliphatic carbocycles. The van der Waals surface area contributed by atoms with E-state index in [-0.39, 0.29) is 5.38 Å². The van der Waals surface area contributed by atoms with Crippen molar-refractivity contribution in [3.63, 3.8) is 0 Å². The van der Waals surface area contributed by atoms with Crippen LogP contribution >= 0.6 is 23.2 Å². The third-order valence-electron chi connectivity index (χ3n) is 3.84. The molecular weight excluding hydrogens is 255 g/mol. The SMILES string of the molecule is CC1C(Cl)CCC1c1cc2cccc(Cl)c2o1. The van der Waals surface area contributed by atoms with Gasteiger partial charge in [0.05, 0.1) is 5.02 Å². The van der Waals surface area contributed by atoms with Gasteiger partial charge in [-0.25, -0.2) is 0 Å². The Balaban J connectivity index is 2.04. The van der Waals surface area contributed by atoms with Gasteiger partial charge in [0, 0.05) is 16.7 Å². The third-order valence-corrected chi connectivity index (χ3v) is 4.75. The second-order valence-electron chi connectivity index (χ2n) is 4.87. The van der Waals surface area contributed by atoms with Crippen LogP contribution in [0, 0.1) is 5.92 Å². The van der Waals surface area contributed by atoms with Crippen LogP contribution in [0.15, 0.2) is 28.7 Å². The summed E-state index contributed by atoms with van der Waals surface area (Å²) in [5, 5.41) is 2.03. The lowest BCUT2D eigenvalue weighted by molar-refractivity contribution is 0.434. The average molecular weight is 269 g/mol. The molecule has 0 aliphatic heterocycles. The molecule has 0 saturated heterocycles. The highest BCUT2D eigenvalue weighted by molar-refractivity contribution is 6.34. The fourth-order valence-electron chi connectivity index (χ4n) is 2.75. The van der Waals surface area contributed by atoms with Crippen molar-refractivity contribution >= 4 is 34.2 Å². The lowest BCUT2D eigenvalue weighted by Crippen LogP contribution is -2.08. The number of para-hydroxylation sites is 1. The Morgan fingerprint density at radius 1 is 1.29 bits per heavy atom. The molecule has 1 aliphatic rings. The molecule has 3 heteroatoms. The molecule has 1 aromatic heterocycles. The molecule has 1 fully saturated rings. The summed E-state index contributed by atoms with van der Waals surface area (Å²) in [4.78, 5) is 0. The molecule has 3 rings (SSSR count). The number of hydrogen-bond donors (Lipinski definition) is 0. The maximum Gasteiger partial charge on any atom is 0.152 e. The summed E-state index contributed by atoms with van der Waals surface area (Å²) in [5.41, 5.74) is 0.800. The van der Waals surface area contributed by atoms with Gasteiger partial charge in [-0.2, -0.15) is 0 Å². The molecule has 1 saturated carbocycles. The highest BCUT2D eigenvalue weighted by atomic mass is 35.5. The summed E-state index contributed by atoms with van der Waals surface area (Å²) in [6.45, 7) is 2.20. The zero-order chi connectivity index (χ0) is 12.0. The van der Waals surface area contributed by atoms with Crippen LogP contribution in [0.4, 0.5) is 0 Å². The minimum Gasteiger partial charge on any atom is -0.459 e. The Bertz CT molecular complexity index is 546. The lowest BCUT2D eigenvalue weighted by atomic mass is 9.95. The summed E-state index contributed by atoms with van der Waals surface area (Å²) < 4.78 is 5.91. The Kier molecular flexibility index (Phi) is 2.84. The number of alkyl halides is 1. The van der Waals surface area contributed by atoms with E-state index in [2.05, 4.69) is 13.0 Å². The van der Waals surface area contributed by atoms with Crippen molar-refractivity contribution in [1.82, 2.24) is 0 Å². The normalized spacial score (nSPS) is 29.0. The van der Waals surface area contributed by atoms with Gasteiger partial charge in [0.2, 0.25) is 0 Å². The van der Waals surface area contributed by atoms with Crippen molar-refractivity contribution in [3.8, 4) is 0 Å². The fourth-order valence-corrected chi connectivity index (χ4v) is 3.27. The minimum atomic E-state index is 0.267. The molecule has 0 radical (unpaired) electrons. The number of rotatable bonds is 1. The van der Waals surface area contributed by atoms with E-state index in [4.69, 9.17) is 27.6 Å². The number of fused-ring (bicyclic) bond motifs is 1. The van der Waals surface area contributed by atoms with Gasteiger partial charge in [0.1, 0.15) is 5.76 Å². The van der Waals surface area contributed by atoms with Crippen LogP contribution < -0.4 is 0 Å². The molecule has 90 valence electrons. The van der Waals surface area contributed by atoms with Gasteiger partial charge in [0.25, 0.3) is 0 Å². The van der Waals surface area contributed by atoms with Gasteiger partial charge in [0.15, 0.2) is 5.58 Å². The van der Waals surface area contributed by atoms with Gasteiger partial charge in [-0.3, -0.25) is 0 Å². The smallest absolute Gasteiger partial charge is 0.152 e. The minimum absolute atomic E-state index is 0.267. The van der Waals surface area contributed by atoms with E-state index < -0.39 is 0 Å². The van der Waals surface area contributed by atoms with Crippen molar-refractivity contribution in [2.45, 2.75) is 31.1 Å². The Morgan fingerprint density at radius 3 is 2.76 bits per heavy atom. The van der Waals surface area contributed by atoms with Gasteiger partial charge in [-0.1, -0.05) is 30.7 Å². The van der Waals surface area contributed by atoms with Crippen LogP contribution in [0.3, 0.4) is 0 Å². The standard InChI is InChI=1S/C14H14Cl2O/c1-8-10(5-6-11(8)15)13-7-9-3-2-4-12(16)14(9)17-13/h2-4,7-8,10-11H,5-6H2,1H3. The average Bonchev–Trinajstić information content (AvgIpc) is 2.85. The molecule has 0 spiro atoms. The number of halogens is 2. The fraction of sp³-hybridized carbons (Fsp3) is 0.429. The lowest BCUT2D eigenvalue weighted by Gasteiger charge is -2.14. The predicted molar refractivity (Wildman–Crippen MR) is 72.0 cm³/mol. The molecule has 17 heavy (non-hydrogen) atoms. The number of benzene rings is 1. The van der Waals surface area contributed by atoms with Crippen molar-refractivity contribution < 1.29 is 4.42 Å². The second-order valence-corrected chi connectivity index (χ2v) is 5.83. The van der Waals surface area contributed by atoms with E-state index in [9.17, 15) is 0 Å². The molecule has 0 amide bonds. The maximum atomic E-state index is 6.27. The van der Waals surface area contributed by atoms with Crippen molar-refractivity contribution in [3.05, 3.63) is 35.0 Å². The van der Waals surface area contributed by atoms with Crippen LogP contribution in [0.5, 0.6) is 0 Å². The highest BCUT2D eigenvalue weighted by Crippen LogP contribution is 2.44. The first-order chi connectivity index (χ1) is 8.16. The molecule has 1 nitrogen and oxygen atoms in total. The Labute approximate surface area is 111 Å². The van der Waals surface area contributed by atoms with E-state index in [1.807, 2.05) is 18.2 Å². The van der Waals surface area contributed by atoms with Crippen molar-refractivity contribution in [1.29, 1.82) is 0 Å². The summed E-state index contributed by atoms with van der Waals surface area (Å²) in [7, 11) is 0. The van der Waals surface area contributed by atoms with E-state index in [1.54, 1.807) is 0 Å². The molecule has 1 heterocycles.